The van der Waals surface area contributed by atoms with Crippen LogP contribution in [0.15, 0.2) is 59.5 Å². The van der Waals surface area contributed by atoms with Gasteiger partial charge in [0.1, 0.15) is 0 Å². The highest BCUT2D eigenvalue weighted by Crippen LogP contribution is 2.37. The van der Waals surface area contributed by atoms with Crippen LogP contribution < -0.4 is 23.3 Å². The van der Waals surface area contributed by atoms with Gasteiger partial charge in [-0.3, -0.25) is 4.31 Å². The van der Waals surface area contributed by atoms with Gasteiger partial charge in [-0.15, -0.1) is 0 Å². The summed E-state index contributed by atoms with van der Waals surface area (Å²) in [6.45, 7) is 1.71. The number of benzene rings is 3. The Morgan fingerprint density at radius 2 is 1.36 bits per heavy atom. The van der Waals surface area contributed by atoms with Crippen molar-refractivity contribution in [1.29, 1.82) is 0 Å². The molecule has 0 bridgehead atoms. The van der Waals surface area contributed by atoms with E-state index in [1.165, 1.54) is 25.6 Å². The summed E-state index contributed by atoms with van der Waals surface area (Å²) >= 11 is 6.24. The molecule has 7 nitrogen and oxygen atoms in total. The summed E-state index contributed by atoms with van der Waals surface area (Å²) in [5, 5.41) is 0.370. The minimum Gasteiger partial charge on any atom is -0.493 e. The van der Waals surface area contributed by atoms with Crippen molar-refractivity contribution in [3.63, 3.8) is 0 Å². The maximum absolute atomic E-state index is 13.9. The largest absolute Gasteiger partial charge is 0.493 e. The number of hydrogen-bond donors (Lipinski definition) is 0. The lowest BCUT2D eigenvalue weighted by molar-refractivity contribution is 0.354. The smallest absolute Gasteiger partial charge is 0.264 e. The molecule has 3 rings (SSSR count). The number of anilines is 1. The third kappa shape index (κ3) is 4.96. The zero-order valence-corrected chi connectivity index (χ0v) is 20.7. The molecule has 0 aliphatic rings. The summed E-state index contributed by atoms with van der Waals surface area (Å²) in [6, 6.07) is 15.0. The van der Waals surface area contributed by atoms with Crippen molar-refractivity contribution in [2.75, 3.05) is 32.7 Å². The minimum atomic E-state index is -4.00. The topological polar surface area (TPSA) is 74.3 Å². The van der Waals surface area contributed by atoms with E-state index >= 15 is 0 Å². The number of rotatable bonds is 9. The first-order chi connectivity index (χ1) is 15.8. The number of halogens is 1. The van der Waals surface area contributed by atoms with Gasteiger partial charge in [-0.25, -0.2) is 8.42 Å². The lowest BCUT2D eigenvalue weighted by Crippen LogP contribution is -2.31. The molecular formula is C24H26ClNO6S. The molecule has 3 aromatic carbocycles. The molecule has 0 amide bonds. The Labute approximate surface area is 199 Å². The van der Waals surface area contributed by atoms with Crippen LogP contribution in [0.3, 0.4) is 0 Å². The van der Waals surface area contributed by atoms with Crippen LogP contribution in [0, 0.1) is 6.92 Å². The number of hydrogen-bond acceptors (Lipinski definition) is 6. The van der Waals surface area contributed by atoms with Crippen LogP contribution in [-0.4, -0.2) is 36.9 Å². The van der Waals surface area contributed by atoms with Gasteiger partial charge in [0.25, 0.3) is 10.0 Å². The van der Waals surface area contributed by atoms with E-state index in [0.717, 1.165) is 0 Å². The van der Waals surface area contributed by atoms with Crippen LogP contribution in [-0.2, 0) is 16.6 Å². The van der Waals surface area contributed by atoms with E-state index in [1.807, 2.05) is 0 Å². The molecule has 3 aromatic rings. The third-order valence-electron chi connectivity index (χ3n) is 5.22. The van der Waals surface area contributed by atoms with Crippen molar-refractivity contribution in [3.8, 4) is 23.0 Å². The van der Waals surface area contributed by atoms with E-state index in [-0.39, 0.29) is 11.4 Å². The van der Waals surface area contributed by atoms with Crippen molar-refractivity contribution in [3.05, 3.63) is 70.7 Å². The van der Waals surface area contributed by atoms with Gasteiger partial charge in [0.15, 0.2) is 23.0 Å². The zero-order chi connectivity index (χ0) is 24.2. The average molecular weight is 492 g/mol. The summed E-state index contributed by atoms with van der Waals surface area (Å²) < 4.78 is 50.5. The van der Waals surface area contributed by atoms with Crippen LogP contribution in [0.2, 0.25) is 5.02 Å². The molecule has 0 aromatic heterocycles. The van der Waals surface area contributed by atoms with Crippen molar-refractivity contribution in [1.82, 2.24) is 0 Å². The highest BCUT2D eigenvalue weighted by molar-refractivity contribution is 7.92. The first-order valence-corrected chi connectivity index (χ1v) is 11.8. The van der Waals surface area contributed by atoms with Gasteiger partial charge in [-0.2, -0.15) is 0 Å². The number of sulfonamides is 1. The van der Waals surface area contributed by atoms with Gasteiger partial charge < -0.3 is 18.9 Å². The Morgan fingerprint density at radius 1 is 0.788 bits per heavy atom. The standard InChI is InChI=1S/C24H26ClNO6S/c1-16-19(25)7-6-8-24(16)33(27,28)26(18-10-12-21(30-3)23(14-18)32-5)15-17-9-11-20(29-2)22(13-17)31-4/h6-14H,15H2,1-5H3. The quantitative estimate of drug-likeness (QED) is 0.415. The Hall–Kier alpha value is -3.10. The number of ether oxygens (including phenoxy) is 4. The molecule has 33 heavy (non-hydrogen) atoms. The van der Waals surface area contributed by atoms with Gasteiger partial charge >= 0.3 is 0 Å². The predicted molar refractivity (Wildman–Crippen MR) is 129 cm³/mol. The zero-order valence-electron chi connectivity index (χ0n) is 19.1. The second-order valence-electron chi connectivity index (χ2n) is 7.10. The second kappa shape index (κ2) is 10.2. The van der Waals surface area contributed by atoms with Crippen molar-refractivity contribution >= 4 is 27.3 Å². The van der Waals surface area contributed by atoms with Gasteiger partial charge in [0, 0.05) is 11.1 Å². The molecule has 0 saturated carbocycles. The Bertz CT molecular complexity index is 1250. The van der Waals surface area contributed by atoms with Crippen LogP contribution >= 0.6 is 11.6 Å². The first-order valence-electron chi connectivity index (χ1n) is 9.97. The molecule has 0 saturated heterocycles. The monoisotopic (exact) mass is 491 g/mol. The van der Waals surface area contributed by atoms with Crippen molar-refractivity contribution < 1.29 is 27.4 Å². The summed E-state index contributed by atoms with van der Waals surface area (Å²) in [4.78, 5) is 0.116. The molecule has 0 spiro atoms. The molecule has 0 heterocycles. The van der Waals surface area contributed by atoms with Crippen LogP contribution in [0.25, 0.3) is 0 Å². The molecule has 0 atom stereocenters. The van der Waals surface area contributed by atoms with E-state index in [0.29, 0.717) is 44.8 Å². The fourth-order valence-corrected chi connectivity index (χ4v) is 5.35. The van der Waals surface area contributed by atoms with Crippen LogP contribution in [0.5, 0.6) is 23.0 Å². The van der Waals surface area contributed by atoms with Crippen LogP contribution in [0.4, 0.5) is 5.69 Å². The summed E-state index contributed by atoms with van der Waals surface area (Å²) in [6.07, 6.45) is 0. The number of nitrogens with zero attached hydrogens (tertiary/aromatic N) is 1. The van der Waals surface area contributed by atoms with Gasteiger partial charge in [-0.05, 0) is 54.4 Å². The van der Waals surface area contributed by atoms with Crippen molar-refractivity contribution in [2.24, 2.45) is 0 Å². The fraction of sp³-hybridized carbons (Fsp3) is 0.250. The molecular weight excluding hydrogens is 466 g/mol. The van der Waals surface area contributed by atoms with E-state index in [9.17, 15) is 8.42 Å². The summed E-state index contributed by atoms with van der Waals surface area (Å²) in [5.41, 5.74) is 1.57. The normalized spacial score (nSPS) is 11.1. The summed E-state index contributed by atoms with van der Waals surface area (Å²) in [7, 11) is 2.08. The lowest BCUT2D eigenvalue weighted by atomic mass is 10.2. The lowest BCUT2D eigenvalue weighted by Gasteiger charge is -2.26. The van der Waals surface area contributed by atoms with E-state index in [2.05, 4.69) is 0 Å². The first kappa shape index (κ1) is 24.5. The average Bonchev–Trinajstić information content (AvgIpc) is 2.83. The van der Waals surface area contributed by atoms with Crippen LogP contribution in [0.1, 0.15) is 11.1 Å². The SMILES string of the molecule is COc1ccc(CN(c2ccc(OC)c(OC)c2)S(=O)(=O)c2cccc(Cl)c2C)cc1OC. The fourth-order valence-electron chi connectivity index (χ4n) is 3.43. The molecule has 0 radical (unpaired) electrons. The molecule has 0 unspecified atom stereocenters. The van der Waals surface area contributed by atoms with Crippen molar-refractivity contribution in [2.45, 2.75) is 18.4 Å². The van der Waals surface area contributed by atoms with E-state index in [1.54, 1.807) is 68.6 Å². The van der Waals surface area contributed by atoms with E-state index in [4.69, 9.17) is 30.5 Å². The molecule has 0 aliphatic carbocycles. The van der Waals surface area contributed by atoms with E-state index < -0.39 is 10.0 Å². The molecule has 0 N–H and O–H groups in total. The highest BCUT2D eigenvalue weighted by Gasteiger charge is 2.28. The highest BCUT2D eigenvalue weighted by atomic mass is 35.5. The second-order valence-corrected chi connectivity index (χ2v) is 9.34. The predicted octanol–water partition coefficient (Wildman–Crippen LogP) is 5.08. The van der Waals surface area contributed by atoms with Gasteiger partial charge in [0.2, 0.25) is 0 Å². The molecule has 0 aliphatic heterocycles. The molecule has 176 valence electrons. The molecule has 0 fully saturated rings. The minimum absolute atomic E-state index is 0.0319. The Balaban J connectivity index is 2.18. The Kier molecular flexibility index (Phi) is 7.61. The maximum atomic E-state index is 13.9. The van der Waals surface area contributed by atoms with Gasteiger partial charge in [0.05, 0.1) is 45.6 Å². The summed E-state index contributed by atoms with van der Waals surface area (Å²) in [5.74, 6) is 1.94. The third-order valence-corrected chi connectivity index (χ3v) is 7.54. The maximum Gasteiger partial charge on any atom is 0.264 e. The van der Waals surface area contributed by atoms with Gasteiger partial charge in [-0.1, -0.05) is 23.7 Å². The Morgan fingerprint density at radius 3 is 1.97 bits per heavy atom. The number of methoxy groups -OCH3 is 4. The molecule has 9 heteroatoms.